The maximum absolute atomic E-state index is 12.2. The zero-order valence-corrected chi connectivity index (χ0v) is 11.7. The zero-order valence-electron chi connectivity index (χ0n) is 10.9. The van der Waals surface area contributed by atoms with Gasteiger partial charge in [0.2, 0.25) is 5.91 Å². The molecule has 1 saturated carbocycles. The number of amides is 1. The number of carbonyl (C=O) groups excluding carboxylic acids is 1. The molecule has 1 amide bonds. The van der Waals surface area contributed by atoms with E-state index in [1.54, 1.807) is 12.1 Å². The van der Waals surface area contributed by atoms with Gasteiger partial charge in [-0.2, -0.15) is 0 Å². The van der Waals surface area contributed by atoms with Crippen LogP contribution in [0, 0.1) is 5.92 Å². The fourth-order valence-corrected chi connectivity index (χ4v) is 2.71. The topological polar surface area (TPSA) is 49.3 Å². The molecule has 1 aromatic carbocycles. The van der Waals surface area contributed by atoms with Crippen molar-refractivity contribution in [2.24, 2.45) is 5.92 Å². The van der Waals surface area contributed by atoms with E-state index in [9.17, 15) is 9.90 Å². The molecule has 0 heterocycles. The molecule has 2 N–H and O–H groups in total. The Labute approximate surface area is 119 Å². The van der Waals surface area contributed by atoms with E-state index < -0.39 is 0 Å². The van der Waals surface area contributed by atoms with Gasteiger partial charge in [0.25, 0.3) is 0 Å². The van der Waals surface area contributed by atoms with Crippen molar-refractivity contribution in [3.8, 4) is 0 Å². The molecule has 0 radical (unpaired) electrons. The molecule has 1 fully saturated rings. The SMILES string of the molecule is O=C(NC(CO)c1ccc(Cl)cc1)C1CCCCC1. The number of hydrogen-bond acceptors (Lipinski definition) is 2. The molecule has 104 valence electrons. The second-order valence-corrected chi connectivity index (χ2v) is 5.57. The Morgan fingerprint density at radius 1 is 1.26 bits per heavy atom. The Morgan fingerprint density at radius 3 is 2.47 bits per heavy atom. The number of rotatable bonds is 4. The summed E-state index contributed by atoms with van der Waals surface area (Å²) in [4.78, 5) is 12.2. The van der Waals surface area contributed by atoms with Crippen LogP contribution in [0.5, 0.6) is 0 Å². The molecule has 0 spiro atoms. The predicted octanol–water partition coefficient (Wildman–Crippen LogP) is 3.07. The molecule has 1 unspecified atom stereocenters. The van der Waals surface area contributed by atoms with Gasteiger partial charge in [-0.05, 0) is 30.5 Å². The van der Waals surface area contributed by atoms with Crippen LogP contribution in [-0.2, 0) is 4.79 Å². The molecular formula is C15H20ClNO2. The third-order valence-corrected chi connectivity index (χ3v) is 4.00. The highest BCUT2D eigenvalue weighted by Crippen LogP contribution is 2.25. The van der Waals surface area contributed by atoms with E-state index in [2.05, 4.69) is 5.32 Å². The lowest BCUT2D eigenvalue weighted by Crippen LogP contribution is -2.36. The standard InChI is InChI=1S/C15H20ClNO2/c16-13-8-6-11(7-9-13)14(10-18)17-15(19)12-4-2-1-3-5-12/h6-9,12,14,18H,1-5,10H2,(H,17,19). The van der Waals surface area contributed by atoms with E-state index in [1.807, 2.05) is 12.1 Å². The fraction of sp³-hybridized carbons (Fsp3) is 0.533. The van der Waals surface area contributed by atoms with Gasteiger partial charge in [-0.3, -0.25) is 4.79 Å². The van der Waals surface area contributed by atoms with Crippen LogP contribution < -0.4 is 5.32 Å². The van der Waals surface area contributed by atoms with Crippen LogP contribution in [-0.4, -0.2) is 17.6 Å². The number of aliphatic hydroxyl groups is 1. The monoisotopic (exact) mass is 281 g/mol. The maximum atomic E-state index is 12.2. The molecule has 19 heavy (non-hydrogen) atoms. The third-order valence-electron chi connectivity index (χ3n) is 3.75. The fourth-order valence-electron chi connectivity index (χ4n) is 2.58. The molecule has 1 aliphatic rings. The Hall–Kier alpha value is -1.06. The minimum Gasteiger partial charge on any atom is -0.394 e. The van der Waals surface area contributed by atoms with E-state index >= 15 is 0 Å². The Bertz CT molecular complexity index is 413. The summed E-state index contributed by atoms with van der Waals surface area (Å²) in [5, 5.41) is 13.0. The van der Waals surface area contributed by atoms with Crippen molar-refractivity contribution in [2.75, 3.05) is 6.61 Å². The number of halogens is 1. The van der Waals surface area contributed by atoms with Crippen LogP contribution >= 0.6 is 11.6 Å². The molecule has 1 aromatic rings. The summed E-state index contributed by atoms with van der Waals surface area (Å²) in [6, 6.07) is 6.87. The normalized spacial score (nSPS) is 18.0. The Morgan fingerprint density at radius 2 is 1.89 bits per heavy atom. The molecule has 1 atom stereocenters. The highest BCUT2D eigenvalue weighted by atomic mass is 35.5. The summed E-state index contributed by atoms with van der Waals surface area (Å²) >= 11 is 5.84. The van der Waals surface area contributed by atoms with Gasteiger partial charge >= 0.3 is 0 Å². The summed E-state index contributed by atoms with van der Waals surface area (Å²) < 4.78 is 0. The van der Waals surface area contributed by atoms with Crippen molar-refractivity contribution < 1.29 is 9.90 Å². The van der Waals surface area contributed by atoms with Gasteiger partial charge in [0.05, 0.1) is 12.6 Å². The van der Waals surface area contributed by atoms with Crippen molar-refractivity contribution in [1.29, 1.82) is 0 Å². The van der Waals surface area contributed by atoms with Crippen molar-refractivity contribution in [1.82, 2.24) is 5.32 Å². The molecule has 0 aromatic heterocycles. The van der Waals surface area contributed by atoms with Crippen LogP contribution in [0.2, 0.25) is 5.02 Å². The third kappa shape index (κ3) is 3.95. The predicted molar refractivity (Wildman–Crippen MR) is 76.0 cm³/mol. The van der Waals surface area contributed by atoms with Crippen molar-refractivity contribution in [3.63, 3.8) is 0 Å². The van der Waals surface area contributed by atoms with Gasteiger partial charge < -0.3 is 10.4 Å². The van der Waals surface area contributed by atoms with E-state index in [1.165, 1.54) is 6.42 Å². The van der Waals surface area contributed by atoms with Gasteiger partial charge in [0, 0.05) is 10.9 Å². The molecule has 1 aliphatic carbocycles. The molecule has 2 rings (SSSR count). The lowest BCUT2D eigenvalue weighted by molar-refractivity contribution is -0.127. The van der Waals surface area contributed by atoms with Crippen molar-refractivity contribution in [3.05, 3.63) is 34.9 Å². The number of aliphatic hydroxyl groups excluding tert-OH is 1. The average Bonchev–Trinajstić information content (AvgIpc) is 2.46. The first kappa shape index (κ1) is 14.4. The molecule has 0 saturated heterocycles. The second kappa shape index (κ2) is 6.92. The van der Waals surface area contributed by atoms with Gasteiger partial charge in [-0.1, -0.05) is 43.0 Å². The summed E-state index contributed by atoms with van der Waals surface area (Å²) in [6.45, 7) is -0.0971. The van der Waals surface area contributed by atoms with Crippen LogP contribution in [0.15, 0.2) is 24.3 Å². The molecule has 0 aliphatic heterocycles. The van der Waals surface area contributed by atoms with E-state index in [-0.39, 0.29) is 24.5 Å². The smallest absolute Gasteiger partial charge is 0.223 e. The quantitative estimate of drug-likeness (QED) is 0.891. The van der Waals surface area contributed by atoms with Crippen LogP contribution in [0.3, 0.4) is 0 Å². The van der Waals surface area contributed by atoms with Crippen LogP contribution in [0.1, 0.15) is 43.7 Å². The summed E-state index contributed by atoms with van der Waals surface area (Å²) in [5.41, 5.74) is 0.885. The lowest BCUT2D eigenvalue weighted by atomic mass is 9.88. The average molecular weight is 282 g/mol. The molecule has 3 nitrogen and oxygen atoms in total. The first-order valence-electron chi connectivity index (χ1n) is 6.87. The number of hydrogen-bond donors (Lipinski definition) is 2. The zero-order chi connectivity index (χ0) is 13.7. The second-order valence-electron chi connectivity index (χ2n) is 5.13. The molecule has 0 bridgehead atoms. The number of carbonyl (C=O) groups is 1. The van der Waals surface area contributed by atoms with Crippen LogP contribution in [0.25, 0.3) is 0 Å². The summed E-state index contributed by atoms with van der Waals surface area (Å²) in [7, 11) is 0. The highest BCUT2D eigenvalue weighted by molar-refractivity contribution is 6.30. The maximum Gasteiger partial charge on any atom is 0.223 e. The van der Waals surface area contributed by atoms with Gasteiger partial charge in [0.15, 0.2) is 0 Å². The van der Waals surface area contributed by atoms with Gasteiger partial charge in [-0.15, -0.1) is 0 Å². The first-order valence-corrected chi connectivity index (χ1v) is 7.25. The van der Waals surface area contributed by atoms with Crippen LogP contribution in [0.4, 0.5) is 0 Å². The minimum atomic E-state index is -0.341. The van der Waals surface area contributed by atoms with Gasteiger partial charge in [0.1, 0.15) is 0 Å². The van der Waals surface area contributed by atoms with E-state index in [0.717, 1.165) is 31.2 Å². The Kier molecular flexibility index (Phi) is 5.23. The number of benzene rings is 1. The van der Waals surface area contributed by atoms with E-state index in [0.29, 0.717) is 5.02 Å². The molecule has 4 heteroatoms. The highest BCUT2D eigenvalue weighted by Gasteiger charge is 2.23. The molecular weight excluding hydrogens is 262 g/mol. The summed E-state index contributed by atoms with van der Waals surface area (Å²) in [5.74, 6) is 0.170. The van der Waals surface area contributed by atoms with Crippen molar-refractivity contribution in [2.45, 2.75) is 38.1 Å². The largest absolute Gasteiger partial charge is 0.394 e. The lowest BCUT2D eigenvalue weighted by Gasteiger charge is -2.24. The van der Waals surface area contributed by atoms with Crippen molar-refractivity contribution >= 4 is 17.5 Å². The summed E-state index contributed by atoms with van der Waals surface area (Å²) in [6.07, 6.45) is 5.41. The number of nitrogens with one attached hydrogen (secondary N) is 1. The van der Waals surface area contributed by atoms with E-state index in [4.69, 9.17) is 11.6 Å². The minimum absolute atomic E-state index is 0.0636. The van der Waals surface area contributed by atoms with Gasteiger partial charge in [-0.25, -0.2) is 0 Å². The Balaban J connectivity index is 1.98. The first-order chi connectivity index (χ1) is 9.20.